The summed E-state index contributed by atoms with van der Waals surface area (Å²) in [4.78, 5) is 18.2. The first-order chi connectivity index (χ1) is 15.8. The molecule has 2 aliphatic carbocycles. The van der Waals surface area contributed by atoms with Crippen molar-refractivity contribution < 1.29 is 4.79 Å². The average molecular weight is 444 g/mol. The lowest BCUT2D eigenvalue weighted by Crippen LogP contribution is -2.16. The molecule has 164 valence electrons. The number of carbonyl (C=O) groups is 1. The van der Waals surface area contributed by atoms with Gasteiger partial charge in [0.1, 0.15) is 11.1 Å². The largest absolute Gasteiger partial charge is 0.284 e. The minimum absolute atomic E-state index is 0.154. The molecule has 0 radical (unpaired) electrons. The van der Waals surface area contributed by atoms with Crippen molar-refractivity contribution in [3.05, 3.63) is 58.4 Å². The molecule has 0 saturated heterocycles. The van der Waals surface area contributed by atoms with E-state index >= 15 is 0 Å². The summed E-state index contributed by atoms with van der Waals surface area (Å²) in [5.74, 6) is 0.794. The molecule has 0 N–H and O–H groups in total. The highest BCUT2D eigenvalue weighted by Gasteiger charge is 2.23. The van der Waals surface area contributed by atoms with E-state index in [2.05, 4.69) is 24.3 Å². The fourth-order valence-corrected chi connectivity index (χ4v) is 6.19. The van der Waals surface area contributed by atoms with Crippen LogP contribution in [-0.4, -0.2) is 21.2 Å². The summed E-state index contributed by atoms with van der Waals surface area (Å²) in [5, 5.41) is 11.7. The van der Waals surface area contributed by atoms with Gasteiger partial charge in [0.05, 0.1) is 11.1 Å². The molecule has 0 amide bonds. The number of para-hydroxylation sites is 1. The highest BCUT2D eigenvalue weighted by atomic mass is 32.2. The molecule has 4 nitrogen and oxygen atoms in total. The Hall–Kier alpha value is -2.58. The first-order valence-corrected chi connectivity index (χ1v) is 12.9. The van der Waals surface area contributed by atoms with Gasteiger partial charge in [-0.25, -0.2) is 4.98 Å². The normalized spacial score (nSPS) is 16.0. The van der Waals surface area contributed by atoms with Crippen molar-refractivity contribution in [3.8, 4) is 6.07 Å². The van der Waals surface area contributed by atoms with Crippen LogP contribution < -0.4 is 0 Å². The van der Waals surface area contributed by atoms with Gasteiger partial charge in [0.25, 0.3) is 0 Å². The molecule has 0 bridgehead atoms. The third-order valence-electron chi connectivity index (χ3n) is 6.87. The fraction of sp³-hybridized carbons (Fsp3) is 0.444. The highest BCUT2D eigenvalue weighted by Crippen LogP contribution is 2.33. The molecule has 0 atom stereocenters. The summed E-state index contributed by atoms with van der Waals surface area (Å²) < 4.78 is 1.98. The maximum atomic E-state index is 13.3. The number of aryl methyl sites for hydroxylation is 3. The zero-order chi connectivity index (χ0) is 21.9. The van der Waals surface area contributed by atoms with Crippen molar-refractivity contribution in [1.29, 1.82) is 5.26 Å². The summed E-state index contributed by atoms with van der Waals surface area (Å²) in [7, 11) is 0. The van der Waals surface area contributed by atoms with E-state index in [0.717, 1.165) is 48.3 Å². The number of thioether (sulfide) groups is 1. The number of nitrogens with zero attached hydrogens (tertiary/aromatic N) is 3. The maximum Gasteiger partial charge on any atom is 0.232 e. The Balaban J connectivity index is 1.35. The van der Waals surface area contributed by atoms with Crippen LogP contribution in [0.15, 0.2) is 35.4 Å². The summed E-state index contributed by atoms with van der Waals surface area (Å²) in [6, 6.07) is 12.7. The number of pyridine rings is 1. The Morgan fingerprint density at radius 2 is 1.81 bits per heavy atom. The van der Waals surface area contributed by atoms with Crippen LogP contribution in [0.2, 0.25) is 0 Å². The van der Waals surface area contributed by atoms with Crippen LogP contribution in [0.1, 0.15) is 77.8 Å². The molecule has 1 aromatic carbocycles. The molecule has 32 heavy (non-hydrogen) atoms. The predicted molar refractivity (Wildman–Crippen MR) is 129 cm³/mol. The minimum atomic E-state index is 0.154. The number of benzene rings is 1. The van der Waals surface area contributed by atoms with Gasteiger partial charge in [-0.2, -0.15) is 5.26 Å². The summed E-state index contributed by atoms with van der Waals surface area (Å²) >= 11 is 1.56. The lowest BCUT2D eigenvalue weighted by molar-refractivity contribution is 0.0912. The molecule has 2 aromatic heterocycles. The highest BCUT2D eigenvalue weighted by molar-refractivity contribution is 7.99. The van der Waals surface area contributed by atoms with E-state index in [9.17, 15) is 10.1 Å². The van der Waals surface area contributed by atoms with Gasteiger partial charge < -0.3 is 0 Å². The maximum absolute atomic E-state index is 13.3. The lowest BCUT2D eigenvalue weighted by atomic mass is 9.95. The lowest BCUT2D eigenvalue weighted by Gasteiger charge is -2.16. The third-order valence-corrected chi connectivity index (χ3v) is 7.86. The van der Waals surface area contributed by atoms with Crippen molar-refractivity contribution in [2.75, 3.05) is 5.75 Å². The molecule has 3 aromatic rings. The van der Waals surface area contributed by atoms with Gasteiger partial charge in [-0.15, -0.1) is 11.8 Å². The zero-order valence-electron chi connectivity index (χ0n) is 18.5. The first-order valence-electron chi connectivity index (χ1n) is 12.0. The number of fused-ring (bicyclic) bond motifs is 4. The number of aromatic nitrogens is 2. The van der Waals surface area contributed by atoms with E-state index in [1.807, 2.05) is 16.7 Å². The van der Waals surface area contributed by atoms with Crippen LogP contribution in [0.5, 0.6) is 0 Å². The van der Waals surface area contributed by atoms with Gasteiger partial charge in [-0.05, 0) is 74.6 Å². The molecule has 0 spiro atoms. The monoisotopic (exact) mass is 443 g/mol. The van der Waals surface area contributed by atoms with E-state index in [0.29, 0.717) is 17.7 Å². The smallest absolute Gasteiger partial charge is 0.232 e. The molecule has 2 heterocycles. The van der Waals surface area contributed by atoms with Gasteiger partial charge in [-0.3, -0.25) is 9.36 Å². The van der Waals surface area contributed by atoms with Crippen LogP contribution in [0.4, 0.5) is 0 Å². The number of hydrogen-bond acceptors (Lipinski definition) is 4. The molecule has 5 rings (SSSR count). The van der Waals surface area contributed by atoms with Crippen molar-refractivity contribution in [2.45, 2.75) is 75.7 Å². The minimum Gasteiger partial charge on any atom is -0.284 e. The molecular weight excluding hydrogens is 414 g/mol. The van der Waals surface area contributed by atoms with E-state index < -0.39 is 0 Å². The van der Waals surface area contributed by atoms with Crippen LogP contribution in [0.25, 0.3) is 10.9 Å². The second-order valence-electron chi connectivity index (χ2n) is 8.95. The second-order valence-corrected chi connectivity index (χ2v) is 10.0. The van der Waals surface area contributed by atoms with Crippen molar-refractivity contribution in [3.63, 3.8) is 0 Å². The van der Waals surface area contributed by atoms with E-state index in [-0.39, 0.29) is 5.91 Å². The van der Waals surface area contributed by atoms with E-state index in [1.54, 1.807) is 11.8 Å². The summed E-state index contributed by atoms with van der Waals surface area (Å²) in [6.45, 7) is 0. The molecular formula is C27H29N3OS. The molecule has 0 fully saturated rings. The van der Waals surface area contributed by atoms with Crippen LogP contribution in [0.3, 0.4) is 0 Å². The quantitative estimate of drug-likeness (QED) is 0.446. The Labute approximate surface area is 194 Å². The zero-order valence-corrected chi connectivity index (χ0v) is 19.3. The standard InChI is InChI=1S/C27H29N3OS/c28-18-20-17-19-9-3-1-2-4-12-23(19)29-27(20)32-16-15-26(31)30-24-13-7-5-10-21(24)22-11-6-8-14-25(22)30/h5,7,10,13,17H,1-4,6,8-9,11-12,14-16H2. The molecule has 0 saturated carbocycles. The number of rotatable bonds is 4. The van der Waals surface area contributed by atoms with Gasteiger partial charge in [0.15, 0.2) is 0 Å². The SMILES string of the molecule is N#Cc1cc2c(nc1SCCC(=O)n1c3c(c4ccccc41)CCCC3)CCCCCC2. The fourth-order valence-electron chi connectivity index (χ4n) is 5.29. The molecule has 0 unspecified atom stereocenters. The van der Waals surface area contributed by atoms with Crippen LogP contribution >= 0.6 is 11.8 Å². The Bertz CT molecular complexity index is 1200. The van der Waals surface area contributed by atoms with E-state index in [1.165, 1.54) is 54.3 Å². The Kier molecular flexibility index (Phi) is 6.32. The van der Waals surface area contributed by atoms with Crippen molar-refractivity contribution >= 4 is 28.6 Å². The van der Waals surface area contributed by atoms with Crippen LogP contribution in [0, 0.1) is 11.3 Å². The number of carbonyl (C=O) groups excluding carboxylic acids is 1. The second kappa shape index (κ2) is 9.50. The Morgan fingerprint density at radius 1 is 1.03 bits per heavy atom. The van der Waals surface area contributed by atoms with Gasteiger partial charge in [0, 0.05) is 28.9 Å². The third kappa shape index (κ3) is 4.09. The summed E-state index contributed by atoms with van der Waals surface area (Å²) in [5.41, 5.74) is 6.68. The summed E-state index contributed by atoms with van der Waals surface area (Å²) in [6.07, 6.45) is 11.7. The van der Waals surface area contributed by atoms with Gasteiger partial charge >= 0.3 is 0 Å². The van der Waals surface area contributed by atoms with E-state index in [4.69, 9.17) is 4.98 Å². The number of hydrogen-bond donors (Lipinski definition) is 0. The van der Waals surface area contributed by atoms with Gasteiger partial charge in [0.2, 0.25) is 5.91 Å². The average Bonchev–Trinajstić information content (AvgIpc) is 3.14. The van der Waals surface area contributed by atoms with Gasteiger partial charge in [-0.1, -0.05) is 31.0 Å². The van der Waals surface area contributed by atoms with Crippen molar-refractivity contribution in [2.24, 2.45) is 0 Å². The molecule has 2 aliphatic rings. The number of nitriles is 1. The topological polar surface area (TPSA) is 58.7 Å². The predicted octanol–water partition coefficient (Wildman–Crippen LogP) is 6.27. The molecule has 0 aliphatic heterocycles. The van der Waals surface area contributed by atoms with Crippen LogP contribution in [-0.2, 0) is 25.7 Å². The first kappa shape index (κ1) is 21.3. The molecule has 5 heteroatoms. The van der Waals surface area contributed by atoms with Crippen molar-refractivity contribution in [1.82, 2.24) is 9.55 Å². The Morgan fingerprint density at radius 3 is 2.69 bits per heavy atom.